The van der Waals surface area contributed by atoms with Gasteiger partial charge in [-0.3, -0.25) is 14.6 Å². The number of pyridine rings is 1. The molecular formula is C19H18N4O2. The second-order valence-electron chi connectivity index (χ2n) is 6.36. The molecule has 1 N–H and O–H groups in total. The van der Waals surface area contributed by atoms with Crippen LogP contribution < -0.4 is 5.56 Å². The van der Waals surface area contributed by atoms with Crippen molar-refractivity contribution in [2.75, 3.05) is 13.1 Å². The molecule has 1 saturated heterocycles. The van der Waals surface area contributed by atoms with E-state index in [2.05, 4.69) is 15.0 Å². The van der Waals surface area contributed by atoms with E-state index in [0.29, 0.717) is 29.9 Å². The Kier molecular flexibility index (Phi) is 4.01. The normalized spacial score (nSPS) is 17.1. The highest BCUT2D eigenvalue weighted by molar-refractivity contribution is 5.92. The van der Waals surface area contributed by atoms with Gasteiger partial charge < -0.3 is 9.88 Å². The number of rotatable bonds is 3. The number of H-pyrrole nitrogens is 1. The molecular weight excluding hydrogens is 316 g/mol. The predicted molar refractivity (Wildman–Crippen MR) is 94.3 cm³/mol. The number of aromatic nitrogens is 3. The van der Waals surface area contributed by atoms with Gasteiger partial charge in [-0.2, -0.15) is 0 Å². The van der Waals surface area contributed by atoms with Crippen molar-refractivity contribution in [3.63, 3.8) is 0 Å². The first-order valence-electron chi connectivity index (χ1n) is 8.39. The Hall–Kier alpha value is -3.02. The number of likely N-dealkylation sites (tertiary alicyclic amines) is 1. The monoisotopic (exact) mass is 334 g/mol. The van der Waals surface area contributed by atoms with Crippen LogP contribution in [0.2, 0.25) is 0 Å². The summed E-state index contributed by atoms with van der Waals surface area (Å²) < 4.78 is 0. The maximum atomic E-state index is 12.7. The van der Waals surface area contributed by atoms with Gasteiger partial charge in [-0.1, -0.05) is 18.2 Å². The van der Waals surface area contributed by atoms with Crippen molar-refractivity contribution in [2.24, 2.45) is 5.92 Å². The summed E-state index contributed by atoms with van der Waals surface area (Å²) in [4.78, 5) is 37.9. The van der Waals surface area contributed by atoms with Crippen LogP contribution in [0.4, 0.5) is 0 Å². The van der Waals surface area contributed by atoms with Crippen LogP contribution in [0.3, 0.4) is 0 Å². The lowest BCUT2D eigenvalue weighted by Crippen LogP contribution is -2.32. The zero-order valence-electron chi connectivity index (χ0n) is 13.7. The molecule has 1 amide bonds. The van der Waals surface area contributed by atoms with Gasteiger partial charge in [-0.25, -0.2) is 4.98 Å². The molecule has 3 heterocycles. The number of nitrogens with one attached hydrogen (secondary N) is 1. The zero-order chi connectivity index (χ0) is 17.2. The minimum absolute atomic E-state index is 0.113. The van der Waals surface area contributed by atoms with Crippen molar-refractivity contribution in [1.82, 2.24) is 19.9 Å². The molecule has 0 spiro atoms. The molecule has 126 valence electrons. The Morgan fingerprint density at radius 3 is 2.88 bits per heavy atom. The summed E-state index contributed by atoms with van der Waals surface area (Å²) in [5.74, 6) is 0.277. The molecule has 25 heavy (non-hydrogen) atoms. The lowest BCUT2D eigenvalue weighted by atomic mass is 10.0. The Bertz CT molecular complexity index is 968. The van der Waals surface area contributed by atoms with Gasteiger partial charge in [-0.05, 0) is 43.0 Å². The third-order valence-electron chi connectivity index (χ3n) is 4.61. The van der Waals surface area contributed by atoms with Gasteiger partial charge >= 0.3 is 0 Å². The quantitative estimate of drug-likeness (QED) is 0.795. The fourth-order valence-electron chi connectivity index (χ4n) is 3.34. The van der Waals surface area contributed by atoms with Crippen molar-refractivity contribution >= 4 is 16.8 Å². The highest BCUT2D eigenvalue weighted by Crippen LogP contribution is 2.21. The van der Waals surface area contributed by atoms with Gasteiger partial charge in [0.15, 0.2) is 5.82 Å². The molecule has 0 radical (unpaired) electrons. The third kappa shape index (κ3) is 3.15. The molecule has 1 unspecified atom stereocenters. The molecule has 1 atom stereocenters. The van der Waals surface area contributed by atoms with Gasteiger partial charge in [0, 0.05) is 25.0 Å². The SMILES string of the molecule is O=C(c1nc2ccccc2c(=O)[nH]1)N1CCC(Cc2ccccn2)C1. The molecule has 0 aliphatic carbocycles. The number of carbonyl (C=O) groups excluding carboxylic acids is 1. The average molecular weight is 334 g/mol. The van der Waals surface area contributed by atoms with Gasteiger partial charge in [0.05, 0.1) is 10.9 Å². The predicted octanol–water partition coefficient (Wildman–Crippen LogP) is 2.02. The number of benzene rings is 1. The minimum atomic E-state index is -0.279. The van der Waals surface area contributed by atoms with Crippen LogP contribution in [0.25, 0.3) is 10.9 Å². The highest BCUT2D eigenvalue weighted by Gasteiger charge is 2.28. The first-order chi connectivity index (χ1) is 12.2. The fraction of sp³-hybridized carbons (Fsp3) is 0.263. The van der Waals surface area contributed by atoms with E-state index in [1.54, 1.807) is 29.3 Å². The Labute approximate surface area is 144 Å². The number of hydrogen-bond donors (Lipinski definition) is 1. The largest absolute Gasteiger partial charge is 0.336 e. The molecule has 6 heteroatoms. The van der Waals surface area contributed by atoms with E-state index in [-0.39, 0.29) is 17.3 Å². The van der Waals surface area contributed by atoms with Crippen LogP contribution in [-0.4, -0.2) is 38.8 Å². The number of hydrogen-bond acceptors (Lipinski definition) is 4. The zero-order valence-corrected chi connectivity index (χ0v) is 13.7. The number of amides is 1. The number of nitrogens with zero attached hydrogens (tertiary/aromatic N) is 3. The Morgan fingerprint density at radius 2 is 2.04 bits per heavy atom. The maximum Gasteiger partial charge on any atom is 0.289 e. The number of aromatic amines is 1. The van der Waals surface area contributed by atoms with E-state index in [1.807, 2.05) is 24.3 Å². The van der Waals surface area contributed by atoms with Gasteiger partial charge in [-0.15, -0.1) is 0 Å². The summed E-state index contributed by atoms with van der Waals surface area (Å²) in [5.41, 5.74) is 1.30. The summed E-state index contributed by atoms with van der Waals surface area (Å²) >= 11 is 0. The van der Waals surface area contributed by atoms with Crippen LogP contribution >= 0.6 is 0 Å². The molecule has 1 aliphatic rings. The molecule has 1 aromatic carbocycles. The summed E-state index contributed by atoms with van der Waals surface area (Å²) in [6, 6.07) is 12.9. The number of para-hydroxylation sites is 1. The van der Waals surface area contributed by atoms with E-state index < -0.39 is 0 Å². The van der Waals surface area contributed by atoms with Crippen molar-refractivity contribution in [3.05, 3.63) is 70.5 Å². The van der Waals surface area contributed by atoms with E-state index >= 15 is 0 Å². The molecule has 0 bridgehead atoms. The summed E-state index contributed by atoms with van der Waals surface area (Å²) in [6.07, 6.45) is 3.57. The topological polar surface area (TPSA) is 79.0 Å². The summed E-state index contributed by atoms with van der Waals surface area (Å²) in [5, 5.41) is 0.494. The number of carbonyl (C=O) groups is 1. The average Bonchev–Trinajstić information content (AvgIpc) is 3.10. The third-order valence-corrected chi connectivity index (χ3v) is 4.61. The van der Waals surface area contributed by atoms with E-state index in [0.717, 1.165) is 18.5 Å². The van der Waals surface area contributed by atoms with Crippen molar-refractivity contribution < 1.29 is 4.79 Å². The molecule has 1 aliphatic heterocycles. The van der Waals surface area contributed by atoms with Crippen LogP contribution in [0.15, 0.2) is 53.5 Å². The molecule has 2 aromatic heterocycles. The molecule has 0 saturated carbocycles. The lowest BCUT2D eigenvalue weighted by molar-refractivity contribution is 0.0775. The van der Waals surface area contributed by atoms with Crippen molar-refractivity contribution in [2.45, 2.75) is 12.8 Å². The van der Waals surface area contributed by atoms with Gasteiger partial charge in [0.25, 0.3) is 11.5 Å². The Balaban J connectivity index is 1.51. The van der Waals surface area contributed by atoms with Crippen LogP contribution in [0, 0.1) is 5.92 Å². The first-order valence-corrected chi connectivity index (χ1v) is 8.39. The number of fused-ring (bicyclic) bond motifs is 1. The first kappa shape index (κ1) is 15.5. The van der Waals surface area contributed by atoms with Gasteiger partial charge in [0.1, 0.15) is 0 Å². The lowest BCUT2D eigenvalue weighted by Gasteiger charge is -2.16. The van der Waals surface area contributed by atoms with Crippen LogP contribution in [0.1, 0.15) is 22.7 Å². The standard InChI is InChI=1S/C19H18N4O2/c24-18-15-6-1-2-7-16(15)21-17(22-18)19(25)23-10-8-13(12-23)11-14-5-3-4-9-20-14/h1-7,9,13H,8,10-12H2,(H,21,22,24). The van der Waals surface area contributed by atoms with Gasteiger partial charge in [0.2, 0.25) is 0 Å². The molecule has 3 aromatic rings. The second-order valence-corrected chi connectivity index (χ2v) is 6.36. The van der Waals surface area contributed by atoms with E-state index in [1.165, 1.54) is 0 Å². The van der Waals surface area contributed by atoms with E-state index in [4.69, 9.17) is 0 Å². The molecule has 1 fully saturated rings. The smallest absolute Gasteiger partial charge is 0.289 e. The summed E-state index contributed by atoms with van der Waals surface area (Å²) in [6.45, 7) is 1.33. The van der Waals surface area contributed by atoms with Crippen molar-refractivity contribution in [3.8, 4) is 0 Å². The van der Waals surface area contributed by atoms with E-state index in [9.17, 15) is 9.59 Å². The maximum absolute atomic E-state index is 12.7. The second kappa shape index (κ2) is 6.47. The molecule has 4 rings (SSSR count). The highest BCUT2D eigenvalue weighted by atomic mass is 16.2. The summed E-state index contributed by atoms with van der Waals surface area (Å²) in [7, 11) is 0. The minimum Gasteiger partial charge on any atom is -0.336 e. The van der Waals surface area contributed by atoms with Crippen LogP contribution in [0.5, 0.6) is 0 Å². The fourth-order valence-corrected chi connectivity index (χ4v) is 3.34. The molecule has 6 nitrogen and oxygen atoms in total. The Morgan fingerprint density at radius 1 is 1.20 bits per heavy atom. The van der Waals surface area contributed by atoms with Crippen LogP contribution in [-0.2, 0) is 6.42 Å². The van der Waals surface area contributed by atoms with Crippen molar-refractivity contribution in [1.29, 1.82) is 0 Å².